The fourth-order valence-corrected chi connectivity index (χ4v) is 1.63. The van der Waals surface area contributed by atoms with Crippen molar-refractivity contribution in [1.82, 2.24) is 9.97 Å². The number of anilines is 1. The zero-order valence-corrected chi connectivity index (χ0v) is 12.2. The first-order valence-electron chi connectivity index (χ1n) is 6.73. The number of hydrogen-bond donors (Lipinski definition) is 1. The van der Waals surface area contributed by atoms with Crippen molar-refractivity contribution >= 4 is 5.95 Å². The first-order valence-corrected chi connectivity index (χ1v) is 6.73. The third-order valence-corrected chi connectivity index (χ3v) is 2.43. The molecule has 0 radical (unpaired) electrons. The Morgan fingerprint density at radius 2 is 1.94 bits per heavy atom. The lowest BCUT2D eigenvalue weighted by Crippen LogP contribution is -2.11. The summed E-state index contributed by atoms with van der Waals surface area (Å²) in [5, 5.41) is 3.25. The van der Waals surface area contributed by atoms with Gasteiger partial charge in [-0.25, -0.2) is 4.98 Å². The van der Waals surface area contributed by atoms with E-state index in [0.717, 1.165) is 24.6 Å². The molecule has 0 saturated carbocycles. The van der Waals surface area contributed by atoms with E-state index in [4.69, 9.17) is 4.74 Å². The third-order valence-electron chi connectivity index (χ3n) is 2.43. The van der Waals surface area contributed by atoms with Crippen molar-refractivity contribution in [3.8, 4) is 5.88 Å². The van der Waals surface area contributed by atoms with Crippen molar-refractivity contribution < 1.29 is 4.74 Å². The van der Waals surface area contributed by atoms with Gasteiger partial charge in [0.15, 0.2) is 0 Å². The van der Waals surface area contributed by atoms with Gasteiger partial charge < -0.3 is 10.1 Å². The molecule has 0 unspecified atom stereocenters. The number of nitrogens with one attached hydrogen (secondary N) is 1. The van der Waals surface area contributed by atoms with Gasteiger partial charge in [0.2, 0.25) is 11.8 Å². The maximum Gasteiger partial charge on any atom is 0.226 e. The van der Waals surface area contributed by atoms with Gasteiger partial charge in [-0.05, 0) is 39.5 Å². The van der Waals surface area contributed by atoms with Crippen molar-refractivity contribution in [3.05, 3.63) is 11.8 Å². The standard InChI is InChI=1S/C14H25N3O/c1-10(2)7-6-8-15-14-16-12(5)9-13(17-14)18-11(3)4/h9-11H,6-8H2,1-5H3,(H,15,16,17). The summed E-state index contributed by atoms with van der Waals surface area (Å²) in [5.74, 6) is 2.04. The van der Waals surface area contributed by atoms with E-state index in [0.29, 0.717) is 11.8 Å². The van der Waals surface area contributed by atoms with Gasteiger partial charge in [-0.1, -0.05) is 13.8 Å². The van der Waals surface area contributed by atoms with Gasteiger partial charge in [-0.3, -0.25) is 0 Å². The molecule has 0 aliphatic heterocycles. The van der Waals surface area contributed by atoms with Crippen LogP contribution in [0, 0.1) is 12.8 Å². The molecule has 0 atom stereocenters. The number of aryl methyl sites for hydroxylation is 1. The molecule has 0 fully saturated rings. The normalized spacial score (nSPS) is 11.1. The zero-order chi connectivity index (χ0) is 13.5. The molecule has 1 aromatic rings. The van der Waals surface area contributed by atoms with Crippen LogP contribution in [0.5, 0.6) is 5.88 Å². The predicted octanol–water partition coefficient (Wildman–Crippen LogP) is 3.42. The maximum atomic E-state index is 5.59. The highest BCUT2D eigenvalue weighted by Crippen LogP contribution is 2.13. The van der Waals surface area contributed by atoms with E-state index in [9.17, 15) is 0 Å². The van der Waals surface area contributed by atoms with E-state index in [2.05, 4.69) is 29.1 Å². The highest BCUT2D eigenvalue weighted by Gasteiger charge is 2.04. The molecular formula is C14H25N3O. The van der Waals surface area contributed by atoms with E-state index in [1.807, 2.05) is 26.8 Å². The third kappa shape index (κ3) is 5.84. The summed E-state index contributed by atoms with van der Waals surface area (Å²) in [6.07, 6.45) is 2.48. The minimum absolute atomic E-state index is 0.132. The molecule has 102 valence electrons. The Morgan fingerprint density at radius 1 is 1.22 bits per heavy atom. The second-order valence-corrected chi connectivity index (χ2v) is 5.30. The Balaban J connectivity index is 2.51. The molecule has 1 N–H and O–H groups in total. The summed E-state index contributed by atoms with van der Waals surface area (Å²) in [5.41, 5.74) is 0.923. The largest absolute Gasteiger partial charge is 0.475 e. The van der Waals surface area contributed by atoms with Crippen LogP contribution in [0.3, 0.4) is 0 Å². The van der Waals surface area contributed by atoms with Gasteiger partial charge in [0.25, 0.3) is 0 Å². The van der Waals surface area contributed by atoms with Crippen molar-refractivity contribution in [2.75, 3.05) is 11.9 Å². The molecule has 1 rings (SSSR count). The molecule has 1 aromatic heterocycles. The second-order valence-electron chi connectivity index (χ2n) is 5.30. The molecule has 1 heterocycles. The van der Waals surface area contributed by atoms with Crippen LogP contribution in [0.15, 0.2) is 6.07 Å². The Labute approximate surface area is 110 Å². The van der Waals surface area contributed by atoms with E-state index in [-0.39, 0.29) is 6.10 Å². The number of rotatable bonds is 7. The lowest BCUT2D eigenvalue weighted by molar-refractivity contribution is 0.232. The van der Waals surface area contributed by atoms with Crippen LogP contribution in [0.25, 0.3) is 0 Å². The molecule has 0 amide bonds. The Bertz CT molecular complexity index is 364. The van der Waals surface area contributed by atoms with Crippen LogP contribution in [-0.2, 0) is 0 Å². The fraction of sp³-hybridized carbons (Fsp3) is 0.714. The predicted molar refractivity (Wildman–Crippen MR) is 75.1 cm³/mol. The Hall–Kier alpha value is -1.32. The first-order chi connectivity index (χ1) is 8.47. The summed E-state index contributed by atoms with van der Waals surface area (Å²) in [6.45, 7) is 11.3. The minimum atomic E-state index is 0.132. The summed E-state index contributed by atoms with van der Waals surface area (Å²) in [6, 6.07) is 1.86. The van der Waals surface area contributed by atoms with Crippen molar-refractivity contribution in [3.63, 3.8) is 0 Å². The van der Waals surface area contributed by atoms with Crippen LogP contribution < -0.4 is 10.1 Å². The smallest absolute Gasteiger partial charge is 0.226 e. The molecular weight excluding hydrogens is 226 g/mol. The number of aromatic nitrogens is 2. The SMILES string of the molecule is Cc1cc(OC(C)C)nc(NCCCC(C)C)n1. The van der Waals surface area contributed by atoms with E-state index in [1.54, 1.807) is 0 Å². The molecule has 0 aromatic carbocycles. The van der Waals surface area contributed by atoms with Crippen molar-refractivity contribution in [1.29, 1.82) is 0 Å². The zero-order valence-electron chi connectivity index (χ0n) is 12.2. The Morgan fingerprint density at radius 3 is 2.56 bits per heavy atom. The van der Waals surface area contributed by atoms with Gasteiger partial charge in [0.1, 0.15) is 0 Å². The summed E-state index contributed by atoms with van der Waals surface area (Å²) < 4.78 is 5.59. The first kappa shape index (κ1) is 14.7. The summed E-state index contributed by atoms with van der Waals surface area (Å²) >= 11 is 0. The minimum Gasteiger partial charge on any atom is -0.475 e. The molecule has 0 aliphatic rings. The fourth-order valence-electron chi connectivity index (χ4n) is 1.63. The van der Waals surface area contributed by atoms with Crippen LogP contribution in [-0.4, -0.2) is 22.6 Å². The molecule has 0 bridgehead atoms. The average molecular weight is 251 g/mol. The quantitative estimate of drug-likeness (QED) is 0.754. The van der Waals surface area contributed by atoms with E-state index >= 15 is 0 Å². The van der Waals surface area contributed by atoms with Crippen LogP contribution in [0.2, 0.25) is 0 Å². The lowest BCUT2D eigenvalue weighted by Gasteiger charge is -2.11. The van der Waals surface area contributed by atoms with Gasteiger partial charge in [-0.2, -0.15) is 4.98 Å². The monoisotopic (exact) mass is 251 g/mol. The molecule has 0 aliphatic carbocycles. The molecule has 0 saturated heterocycles. The second kappa shape index (κ2) is 7.19. The van der Waals surface area contributed by atoms with Gasteiger partial charge >= 0.3 is 0 Å². The molecule has 0 spiro atoms. The average Bonchev–Trinajstić information content (AvgIpc) is 2.22. The number of hydrogen-bond acceptors (Lipinski definition) is 4. The van der Waals surface area contributed by atoms with Gasteiger partial charge in [-0.15, -0.1) is 0 Å². The Kier molecular flexibility index (Phi) is 5.89. The van der Waals surface area contributed by atoms with Gasteiger partial charge in [0, 0.05) is 18.3 Å². The van der Waals surface area contributed by atoms with E-state index in [1.165, 1.54) is 6.42 Å². The topological polar surface area (TPSA) is 47.0 Å². The van der Waals surface area contributed by atoms with Gasteiger partial charge in [0.05, 0.1) is 6.10 Å². The highest BCUT2D eigenvalue weighted by atomic mass is 16.5. The highest BCUT2D eigenvalue weighted by molar-refractivity contribution is 5.30. The number of nitrogens with zero attached hydrogens (tertiary/aromatic N) is 2. The van der Waals surface area contributed by atoms with Crippen LogP contribution >= 0.6 is 0 Å². The lowest BCUT2D eigenvalue weighted by atomic mass is 10.1. The van der Waals surface area contributed by atoms with Crippen molar-refractivity contribution in [2.45, 2.75) is 53.6 Å². The summed E-state index contributed by atoms with van der Waals surface area (Å²) in [7, 11) is 0. The molecule has 4 heteroatoms. The number of ether oxygens (including phenoxy) is 1. The summed E-state index contributed by atoms with van der Waals surface area (Å²) in [4.78, 5) is 8.70. The molecule has 18 heavy (non-hydrogen) atoms. The maximum absolute atomic E-state index is 5.59. The van der Waals surface area contributed by atoms with Crippen molar-refractivity contribution in [2.24, 2.45) is 5.92 Å². The van der Waals surface area contributed by atoms with E-state index < -0.39 is 0 Å². The van der Waals surface area contributed by atoms with Crippen LogP contribution in [0.4, 0.5) is 5.95 Å². The van der Waals surface area contributed by atoms with Crippen LogP contribution in [0.1, 0.15) is 46.2 Å². The molecule has 4 nitrogen and oxygen atoms in total.